The van der Waals surface area contributed by atoms with Crippen LogP contribution in [0.1, 0.15) is 24.1 Å². The van der Waals surface area contributed by atoms with E-state index >= 15 is 0 Å². The molecule has 2 heterocycles. The number of halogens is 1. The minimum absolute atomic E-state index is 0.171. The summed E-state index contributed by atoms with van der Waals surface area (Å²) in [6.07, 6.45) is 3.45. The monoisotopic (exact) mass is 370 g/mol. The van der Waals surface area contributed by atoms with Gasteiger partial charge < -0.3 is 9.80 Å². The fourth-order valence-corrected chi connectivity index (χ4v) is 4.16. The SMILES string of the molecule is O=C(Cc1ccc(Br)s1)N1CCCN(C(=O)C2CC2)CC1. The Morgan fingerprint density at radius 3 is 2.52 bits per heavy atom. The molecule has 3 rings (SSSR count). The summed E-state index contributed by atoms with van der Waals surface area (Å²) >= 11 is 5.03. The largest absolute Gasteiger partial charge is 0.341 e. The first-order valence-electron chi connectivity index (χ1n) is 7.44. The molecule has 0 radical (unpaired) electrons. The Morgan fingerprint density at radius 1 is 1.14 bits per heavy atom. The van der Waals surface area contributed by atoms with Crippen LogP contribution >= 0.6 is 27.3 Å². The molecule has 1 saturated heterocycles. The van der Waals surface area contributed by atoms with E-state index in [1.54, 1.807) is 11.3 Å². The number of amides is 2. The van der Waals surface area contributed by atoms with E-state index in [0.29, 0.717) is 25.4 Å². The van der Waals surface area contributed by atoms with E-state index in [1.807, 2.05) is 21.9 Å². The van der Waals surface area contributed by atoms with Gasteiger partial charge in [-0.25, -0.2) is 0 Å². The Balaban J connectivity index is 1.54. The van der Waals surface area contributed by atoms with Crippen LogP contribution in [0.3, 0.4) is 0 Å². The van der Waals surface area contributed by atoms with E-state index in [-0.39, 0.29) is 11.8 Å². The van der Waals surface area contributed by atoms with Crippen molar-refractivity contribution in [3.8, 4) is 0 Å². The van der Waals surface area contributed by atoms with Crippen molar-refractivity contribution in [3.63, 3.8) is 0 Å². The van der Waals surface area contributed by atoms with Crippen LogP contribution in [0.4, 0.5) is 0 Å². The van der Waals surface area contributed by atoms with Gasteiger partial charge in [0.15, 0.2) is 0 Å². The van der Waals surface area contributed by atoms with Crippen LogP contribution < -0.4 is 0 Å². The number of nitrogens with zero attached hydrogens (tertiary/aromatic N) is 2. The molecule has 2 amide bonds. The maximum atomic E-state index is 12.4. The molecular weight excluding hydrogens is 352 g/mol. The molecule has 6 heteroatoms. The van der Waals surface area contributed by atoms with Crippen molar-refractivity contribution in [3.05, 3.63) is 20.8 Å². The first-order chi connectivity index (χ1) is 10.1. The third kappa shape index (κ3) is 3.86. The highest BCUT2D eigenvalue weighted by molar-refractivity contribution is 9.11. The van der Waals surface area contributed by atoms with E-state index in [2.05, 4.69) is 15.9 Å². The van der Waals surface area contributed by atoms with Gasteiger partial charge >= 0.3 is 0 Å². The minimum atomic E-state index is 0.171. The molecule has 0 spiro atoms. The lowest BCUT2D eigenvalue weighted by atomic mass is 10.3. The molecule has 1 aliphatic carbocycles. The van der Waals surface area contributed by atoms with Crippen LogP contribution in [0.2, 0.25) is 0 Å². The Bertz CT molecular complexity index is 542. The molecule has 114 valence electrons. The molecule has 0 unspecified atom stereocenters. The highest BCUT2D eigenvalue weighted by atomic mass is 79.9. The zero-order valence-corrected chi connectivity index (χ0v) is 14.3. The summed E-state index contributed by atoms with van der Waals surface area (Å²) in [5, 5.41) is 0. The van der Waals surface area contributed by atoms with Crippen molar-refractivity contribution < 1.29 is 9.59 Å². The summed E-state index contributed by atoms with van der Waals surface area (Å²) in [5.41, 5.74) is 0. The van der Waals surface area contributed by atoms with Crippen molar-refractivity contribution in [1.29, 1.82) is 0 Å². The lowest BCUT2D eigenvalue weighted by Gasteiger charge is -2.22. The molecule has 21 heavy (non-hydrogen) atoms. The fourth-order valence-electron chi connectivity index (χ4n) is 2.68. The average Bonchev–Trinajstić information content (AvgIpc) is 3.26. The van der Waals surface area contributed by atoms with Crippen LogP contribution in [-0.4, -0.2) is 47.8 Å². The molecule has 4 nitrogen and oxygen atoms in total. The second kappa shape index (κ2) is 6.48. The third-order valence-electron chi connectivity index (χ3n) is 4.04. The number of hydrogen-bond donors (Lipinski definition) is 0. The number of carbonyl (C=O) groups is 2. The van der Waals surface area contributed by atoms with Crippen LogP contribution in [0.15, 0.2) is 15.9 Å². The summed E-state index contributed by atoms with van der Waals surface area (Å²) in [6, 6.07) is 3.97. The van der Waals surface area contributed by atoms with Gasteiger partial charge in [0.05, 0.1) is 10.2 Å². The predicted octanol–water partition coefficient (Wildman–Crippen LogP) is 2.52. The van der Waals surface area contributed by atoms with E-state index in [1.165, 1.54) is 0 Å². The summed E-state index contributed by atoms with van der Waals surface area (Å²) in [5.74, 6) is 0.743. The Hall–Kier alpha value is -0.880. The zero-order chi connectivity index (χ0) is 14.8. The van der Waals surface area contributed by atoms with Crippen LogP contribution in [0, 0.1) is 5.92 Å². The molecular formula is C15H19BrN2O2S. The topological polar surface area (TPSA) is 40.6 Å². The first kappa shape index (κ1) is 15.0. The summed E-state index contributed by atoms with van der Waals surface area (Å²) in [4.78, 5) is 29.4. The standard InChI is InChI=1S/C15H19BrN2O2S/c16-13-5-4-12(21-13)10-14(19)17-6-1-7-18(9-8-17)15(20)11-2-3-11/h4-5,11H,1-3,6-10H2. The second-order valence-electron chi connectivity index (χ2n) is 5.72. The number of rotatable bonds is 3. The fraction of sp³-hybridized carbons (Fsp3) is 0.600. The Kier molecular flexibility index (Phi) is 4.64. The van der Waals surface area contributed by atoms with Crippen molar-refractivity contribution in [2.75, 3.05) is 26.2 Å². The Labute approximate surface area is 137 Å². The van der Waals surface area contributed by atoms with Gasteiger partial charge in [-0.3, -0.25) is 9.59 Å². The molecule has 0 aromatic carbocycles. The van der Waals surface area contributed by atoms with Crippen LogP contribution in [0.5, 0.6) is 0 Å². The van der Waals surface area contributed by atoms with Gasteiger partial charge in [-0.2, -0.15) is 0 Å². The van der Waals surface area contributed by atoms with Gasteiger partial charge in [0, 0.05) is 37.0 Å². The molecule has 2 aliphatic rings. The molecule has 1 aliphatic heterocycles. The van der Waals surface area contributed by atoms with E-state index in [4.69, 9.17) is 0 Å². The van der Waals surface area contributed by atoms with Crippen molar-refractivity contribution in [2.45, 2.75) is 25.7 Å². The smallest absolute Gasteiger partial charge is 0.227 e. The molecule has 2 fully saturated rings. The number of thiophene rings is 1. The summed E-state index contributed by atoms with van der Waals surface area (Å²) < 4.78 is 1.06. The molecule has 1 aromatic heterocycles. The molecule has 0 atom stereocenters. The summed E-state index contributed by atoms with van der Waals surface area (Å²) in [7, 11) is 0. The predicted molar refractivity (Wildman–Crippen MR) is 86.2 cm³/mol. The van der Waals surface area contributed by atoms with Gasteiger partial charge in [-0.1, -0.05) is 0 Å². The molecule has 0 N–H and O–H groups in total. The van der Waals surface area contributed by atoms with E-state index < -0.39 is 0 Å². The van der Waals surface area contributed by atoms with Crippen molar-refractivity contribution in [1.82, 2.24) is 9.80 Å². The maximum absolute atomic E-state index is 12.4. The highest BCUT2D eigenvalue weighted by Crippen LogP contribution is 2.31. The first-order valence-corrected chi connectivity index (χ1v) is 9.05. The van der Waals surface area contributed by atoms with Gasteiger partial charge in [-0.15, -0.1) is 11.3 Å². The van der Waals surface area contributed by atoms with Crippen molar-refractivity contribution >= 4 is 39.1 Å². The second-order valence-corrected chi connectivity index (χ2v) is 8.26. The van der Waals surface area contributed by atoms with Crippen molar-refractivity contribution in [2.24, 2.45) is 5.92 Å². The van der Waals surface area contributed by atoms with Gasteiger partial charge in [-0.05, 0) is 47.3 Å². The van der Waals surface area contributed by atoms with Gasteiger partial charge in [0.1, 0.15) is 0 Å². The number of carbonyl (C=O) groups excluding carboxylic acids is 2. The molecule has 0 bridgehead atoms. The lowest BCUT2D eigenvalue weighted by molar-refractivity contribution is -0.134. The normalized spacial score (nSPS) is 19.5. The van der Waals surface area contributed by atoms with Crippen LogP contribution in [0.25, 0.3) is 0 Å². The molecule has 1 aromatic rings. The summed E-state index contributed by atoms with van der Waals surface area (Å²) in [6.45, 7) is 2.92. The third-order valence-corrected chi connectivity index (χ3v) is 5.66. The maximum Gasteiger partial charge on any atom is 0.227 e. The highest BCUT2D eigenvalue weighted by Gasteiger charge is 2.34. The van der Waals surface area contributed by atoms with Crippen LogP contribution in [-0.2, 0) is 16.0 Å². The Morgan fingerprint density at radius 2 is 1.86 bits per heavy atom. The lowest BCUT2D eigenvalue weighted by Crippen LogP contribution is -2.38. The van der Waals surface area contributed by atoms with Gasteiger partial charge in [0.25, 0.3) is 0 Å². The van der Waals surface area contributed by atoms with Gasteiger partial charge in [0.2, 0.25) is 11.8 Å². The quantitative estimate of drug-likeness (QED) is 0.819. The average molecular weight is 371 g/mol. The van der Waals surface area contributed by atoms with E-state index in [9.17, 15) is 9.59 Å². The number of hydrogen-bond acceptors (Lipinski definition) is 3. The van der Waals surface area contributed by atoms with E-state index in [0.717, 1.165) is 41.0 Å². The minimum Gasteiger partial charge on any atom is -0.341 e. The zero-order valence-electron chi connectivity index (χ0n) is 11.9. The molecule has 1 saturated carbocycles.